The fourth-order valence-corrected chi connectivity index (χ4v) is 2.45. The molecule has 0 spiro atoms. The summed E-state index contributed by atoms with van der Waals surface area (Å²) >= 11 is 0. The van der Waals surface area contributed by atoms with Crippen molar-refractivity contribution in [1.29, 1.82) is 0 Å². The van der Waals surface area contributed by atoms with Gasteiger partial charge in [0.05, 0.1) is 0 Å². The first-order chi connectivity index (χ1) is 6.38. The summed E-state index contributed by atoms with van der Waals surface area (Å²) in [6, 6.07) is 0. The third-order valence-corrected chi connectivity index (χ3v) is 3.25. The van der Waals surface area contributed by atoms with Gasteiger partial charge < -0.3 is 4.74 Å². The summed E-state index contributed by atoms with van der Waals surface area (Å²) in [5, 5.41) is 0. The number of carbonyl (C=O) groups is 1. The largest absolute Gasteiger partial charge is 0.370 e. The Labute approximate surface area is 79.7 Å². The van der Waals surface area contributed by atoms with Crippen LogP contribution in [0, 0.1) is 5.92 Å². The highest BCUT2D eigenvalue weighted by Crippen LogP contribution is 2.28. The maximum absolute atomic E-state index is 11.9. The summed E-state index contributed by atoms with van der Waals surface area (Å²) in [7, 11) is 0. The Balaban J connectivity index is 1.87. The standard InChI is InChI=1S/C11H18O2/c12-11(10-7-4-8-13-10)9-5-2-1-3-6-9/h9-10H,1-8H2. The van der Waals surface area contributed by atoms with E-state index in [1.54, 1.807) is 0 Å². The lowest BCUT2D eigenvalue weighted by Gasteiger charge is -2.22. The highest BCUT2D eigenvalue weighted by atomic mass is 16.5. The number of hydrogen-bond donors (Lipinski definition) is 0. The fraction of sp³-hybridized carbons (Fsp3) is 0.909. The molecule has 2 heteroatoms. The van der Waals surface area contributed by atoms with Gasteiger partial charge in [-0.25, -0.2) is 0 Å². The van der Waals surface area contributed by atoms with E-state index < -0.39 is 0 Å². The van der Waals surface area contributed by atoms with Crippen LogP contribution in [-0.4, -0.2) is 18.5 Å². The van der Waals surface area contributed by atoms with Crippen LogP contribution in [0.4, 0.5) is 0 Å². The first-order valence-corrected chi connectivity index (χ1v) is 5.53. The van der Waals surface area contributed by atoms with E-state index in [0.29, 0.717) is 11.7 Å². The number of ether oxygens (including phenoxy) is 1. The molecule has 13 heavy (non-hydrogen) atoms. The van der Waals surface area contributed by atoms with Gasteiger partial charge in [0.15, 0.2) is 5.78 Å². The Hall–Kier alpha value is -0.370. The molecule has 2 fully saturated rings. The van der Waals surface area contributed by atoms with Crippen molar-refractivity contribution in [1.82, 2.24) is 0 Å². The molecule has 2 nitrogen and oxygen atoms in total. The van der Waals surface area contributed by atoms with Crippen molar-refractivity contribution in [2.75, 3.05) is 6.61 Å². The number of Topliss-reactive ketones (excluding diaryl/α,β-unsaturated/α-hetero) is 1. The van der Waals surface area contributed by atoms with E-state index in [-0.39, 0.29) is 6.10 Å². The minimum Gasteiger partial charge on any atom is -0.370 e. The first kappa shape index (κ1) is 9.20. The van der Waals surface area contributed by atoms with Crippen molar-refractivity contribution in [3.05, 3.63) is 0 Å². The van der Waals surface area contributed by atoms with Crippen LogP contribution >= 0.6 is 0 Å². The molecule has 0 amide bonds. The second-order valence-corrected chi connectivity index (χ2v) is 4.24. The highest BCUT2D eigenvalue weighted by Gasteiger charge is 2.30. The molecule has 74 valence electrons. The number of ketones is 1. The molecule has 1 heterocycles. The van der Waals surface area contributed by atoms with E-state index in [2.05, 4.69) is 0 Å². The van der Waals surface area contributed by atoms with E-state index >= 15 is 0 Å². The number of rotatable bonds is 2. The van der Waals surface area contributed by atoms with Crippen LogP contribution in [0.25, 0.3) is 0 Å². The first-order valence-electron chi connectivity index (χ1n) is 5.53. The molecule has 0 aromatic rings. The smallest absolute Gasteiger partial charge is 0.164 e. The lowest BCUT2D eigenvalue weighted by atomic mass is 9.84. The molecule has 1 aliphatic carbocycles. The third kappa shape index (κ3) is 2.11. The van der Waals surface area contributed by atoms with Gasteiger partial charge in [-0.05, 0) is 25.7 Å². The molecule has 2 aliphatic rings. The Morgan fingerprint density at radius 3 is 2.38 bits per heavy atom. The Kier molecular flexibility index (Phi) is 2.99. The molecule has 1 aliphatic heterocycles. The molecule has 0 aromatic heterocycles. The summed E-state index contributed by atoms with van der Waals surface area (Å²) in [5.41, 5.74) is 0. The van der Waals surface area contributed by atoms with Gasteiger partial charge in [0.2, 0.25) is 0 Å². The Bertz CT molecular complexity index is 177. The summed E-state index contributed by atoms with van der Waals surface area (Å²) in [5.74, 6) is 0.731. The molecule has 0 N–H and O–H groups in total. The van der Waals surface area contributed by atoms with Crippen LogP contribution in [0.5, 0.6) is 0 Å². The van der Waals surface area contributed by atoms with Gasteiger partial charge in [-0.3, -0.25) is 4.79 Å². The number of carbonyl (C=O) groups excluding carboxylic acids is 1. The Morgan fingerprint density at radius 2 is 1.77 bits per heavy atom. The molecule has 0 bridgehead atoms. The summed E-state index contributed by atoms with van der Waals surface area (Å²) in [6.45, 7) is 0.795. The van der Waals surface area contributed by atoms with Crippen LogP contribution in [0.3, 0.4) is 0 Å². The van der Waals surface area contributed by atoms with Crippen LogP contribution < -0.4 is 0 Å². The maximum Gasteiger partial charge on any atom is 0.164 e. The van der Waals surface area contributed by atoms with Crippen molar-refractivity contribution >= 4 is 5.78 Å². The van der Waals surface area contributed by atoms with Gasteiger partial charge in [0.1, 0.15) is 6.10 Å². The molecular weight excluding hydrogens is 164 g/mol. The quantitative estimate of drug-likeness (QED) is 0.655. The molecule has 1 saturated heterocycles. The Morgan fingerprint density at radius 1 is 1.00 bits per heavy atom. The molecule has 1 saturated carbocycles. The zero-order chi connectivity index (χ0) is 9.10. The van der Waals surface area contributed by atoms with Crippen LogP contribution in [0.1, 0.15) is 44.9 Å². The molecule has 0 aromatic carbocycles. The monoisotopic (exact) mass is 182 g/mol. The molecular formula is C11H18O2. The fourth-order valence-electron chi connectivity index (χ4n) is 2.45. The zero-order valence-electron chi connectivity index (χ0n) is 8.13. The summed E-state index contributed by atoms with van der Waals surface area (Å²) < 4.78 is 5.42. The average Bonchev–Trinajstić information content (AvgIpc) is 2.71. The van der Waals surface area contributed by atoms with E-state index in [0.717, 1.165) is 32.3 Å². The van der Waals surface area contributed by atoms with E-state index in [1.807, 2.05) is 0 Å². The summed E-state index contributed by atoms with van der Waals surface area (Å²) in [6.07, 6.45) is 8.01. The van der Waals surface area contributed by atoms with Gasteiger partial charge >= 0.3 is 0 Å². The van der Waals surface area contributed by atoms with Gasteiger partial charge in [-0.1, -0.05) is 19.3 Å². The van der Waals surface area contributed by atoms with Gasteiger partial charge in [-0.2, -0.15) is 0 Å². The van der Waals surface area contributed by atoms with Gasteiger partial charge in [0.25, 0.3) is 0 Å². The van der Waals surface area contributed by atoms with E-state index in [9.17, 15) is 4.79 Å². The maximum atomic E-state index is 11.9. The average molecular weight is 182 g/mol. The minimum atomic E-state index is -0.0388. The molecule has 1 unspecified atom stereocenters. The molecule has 1 atom stereocenters. The van der Waals surface area contributed by atoms with Crippen molar-refractivity contribution in [3.63, 3.8) is 0 Å². The van der Waals surface area contributed by atoms with Gasteiger partial charge in [-0.15, -0.1) is 0 Å². The lowest BCUT2D eigenvalue weighted by molar-refractivity contribution is -0.132. The van der Waals surface area contributed by atoms with Crippen LogP contribution in [0.15, 0.2) is 0 Å². The minimum absolute atomic E-state index is 0.0388. The normalized spacial score (nSPS) is 30.6. The van der Waals surface area contributed by atoms with E-state index in [1.165, 1.54) is 19.3 Å². The second-order valence-electron chi connectivity index (χ2n) is 4.24. The third-order valence-electron chi connectivity index (χ3n) is 3.25. The topological polar surface area (TPSA) is 26.3 Å². The summed E-state index contributed by atoms with van der Waals surface area (Å²) in [4.78, 5) is 11.9. The van der Waals surface area contributed by atoms with Crippen LogP contribution in [-0.2, 0) is 9.53 Å². The van der Waals surface area contributed by atoms with Crippen molar-refractivity contribution < 1.29 is 9.53 Å². The lowest BCUT2D eigenvalue weighted by Crippen LogP contribution is -2.28. The highest BCUT2D eigenvalue weighted by molar-refractivity contribution is 5.85. The van der Waals surface area contributed by atoms with Crippen molar-refractivity contribution in [2.45, 2.75) is 51.0 Å². The van der Waals surface area contributed by atoms with Crippen molar-refractivity contribution in [3.8, 4) is 0 Å². The second kappa shape index (κ2) is 4.23. The zero-order valence-corrected chi connectivity index (χ0v) is 8.13. The number of hydrogen-bond acceptors (Lipinski definition) is 2. The predicted octanol–water partition coefficient (Wildman–Crippen LogP) is 2.31. The van der Waals surface area contributed by atoms with Crippen LogP contribution in [0.2, 0.25) is 0 Å². The molecule has 2 rings (SSSR count). The van der Waals surface area contributed by atoms with Crippen molar-refractivity contribution in [2.24, 2.45) is 5.92 Å². The molecule has 0 radical (unpaired) electrons. The SMILES string of the molecule is O=C(C1CCCCC1)C1CCCO1. The predicted molar refractivity (Wildman–Crippen MR) is 50.6 cm³/mol. The van der Waals surface area contributed by atoms with Gasteiger partial charge in [0, 0.05) is 12.5 Å². The van der Waals surface area contributed by atoms with E-state index in [4.69, 9.17) is 4.74 Å².